The molecular weight excluding hydrogens is 276 g/mol. The number of rotatable bonds is 10. The SMILES string of the molecule is CCCc1nc(N(CCOC)C(C)COC)sc1CO. The summed E-state index contributed by atoms with van der Waals surface area (Å²) in [6, 6.07) is 0.224. The van der Waals surface area contributed by atoms with Crippen LogP contribution in [0.5, 0.6) is 0 Å². The average molecular weight is 302 g/mol. The van der Waals surface area contributed by atoms with Crippen molar-refractivity contribution < 1.29 is 14.6 Å². The zero-order valence-corrected chi connectivity index (χ0v) is 13.7. The van der Waals surface area contributed by atoms with Gasteiger partial charge in [0.15, 0.2) is 5.13 Å². The number of anilines is 1. The van der Waals surface area contributed by atoms with E-state index in [-0.39, 0.29) is 12.6 Å². The molecule has 20 heavy (non-hydrogen) atoms. The largest absolute Gasteiger partial charge is 0.391 e. The first-order valence-corrected chi connectivity index (χ1v) is 7.83. The van der Waals surface area contributed by atoms with E-state index in [0.717, 1.165) is 35.1 Å². The molecule has 1 atom stereocenters. The Hall–Kier alpha value is -0.690. The van der Waals surface area contributed by atoms with Crippen LogP contribution in [0.2, 0.25) is 0 Å². The van der Waals surface area contributed by atoms with Gasteiger partial charge in [-0.05, 0) is 13.3 Å². The number of aryl methyl sites for hydroxylation is 1. The van der Waals surface area contributed by atoms with Gasteiger partial charge in [0.2, 0.25) is 0 Å². The Balaban J connectivity index is 2.93. The van der Waals surface area contributed by atoms with E-state index in [1.165, 1.54) is 0 Å². The molecule has 0 fully saturated rings. The summed E-state index contributed by atoms with van der Waals surface area (Å²) in [6.45, 7) is 6.34. The highest BCUT2D eigenvalue weighted by Crippen LogP contribution is 2.28. The van der Waals surface area contributed by atoms with Crippen LogP contribution in [0.3, 0.4) is 0 Å². The molecule has 0 saturated heterocycles. The topological polar surface area (TPSA) is 54.8 Å². The predicted molar refractivity (Wildman–Crippen MR) is 82.6 cm³/mol. The molecule has 0 aliphatic rings. The lowest BCUT2D eigenvalue weighted by atomic mass is 10.2. The molecule has 6 heteroatoms. The lowest BCUT2D eigenvalue weighted by Crippen LogP contribution is -2.38. The second kappa shape index (κ2) is 9.28. The Morgan fingerprint density at radius 1 is 1.35 bits per heavy atom. The molecule has 1 rings (SSSR count). The molecule has 5 nitrogen and oxygen atoms in total. The first-order valence-electron chi connectivity index (χ1n) is 7.01. The van der Waals surface area contributed by atoms with E-state index in [1.54, 1.807) is 25.6 Å². The second-order valence-corrected chi connectivity index (χ2v) is 5.83. The summed E-state index contributed by atoms with van der Waals surface area (Å²) in [5, 5.41) is 10.4. The summed E-state index contributed by atoms with van der Waals surface area (Å²) < 4.78 is 10.4. The normalized spacial score (nSPS) is 12.7. The fraction of sp³-hybridized carbons (Fsp3) is 0.786. The Morgan fingerprint density at radius 2 is 2.10 bits per heavy atom. The van der Waals surface area contributed by atoms with Gasteiger partial charge in [0.05, 0.1) is 36.4 Å². The minimum absolute atomic E-state index is 0.0593. The molecule has 0 spiro atoms. The van der Waals surface area contributed by atoms with Crippen molar-refractivity contribution in [2.75, 3.05) is 38.9 Å². The molecule has 0 aliphatic heterocycles. The molecule has 0 saturated carbocycles. The predicted octanol–water partition coefficient (Wildman–Crippen LogP) is 2.08. The summed E-state index contributed by atoms with van der Waals surface area (Å²) >= 11 is 1.57. The fourth-order valence-corrected chi connectivity index (χ4v) is 3.17. The maximum atomic E-state index is 9.46. The zero-order chi connectivity index (χ0) is 15.0. The highest BCUT2D eigenvalue weighted by molar-refractivity contribution is 7.15. The number of methoxy groups -OCH3 is 2. The molecule has 1 aromatic heterocycles. The van der Waals surface area contributed by atoms with Crippen LogP contribution >= 0.6 is 11.3 Å². The van der Waals surface area contributed by atoms with Crippen LogP contribution < -0.4 is 4.90 Å². The van der Waals surface area contributed by atoms with E-state index in [9.17, 15) is 5.11 Å². The molecule has 1 unspecified atom stereocenters. The molecule has 1 heterocycles. The Kier molecular flexibility index (Phi) is 8.06. The third kappa shape index (κ3) is 4.70. The Bertz CT molecular complexity index is 384. The smallest absolute Gasteiger partial charge is 0.186 e. The summed E-state index contributed by atoms with van der Waals surface area (Å²) in [6.07, 6.45) is 1.94. The maximum absolute atomic E-state index is 9.46. The summed E-state index contributed by atoms with van der Waals surface area (Å²) in [5.41, 5.74) is 1.02. The Morgan fingerprint density at radius 3 is 2.65 bits per heavy atom. The van der Waals surface area contributed by atoms with E-state index < -0.39 is 0 Å². The molecular formula is C14H26N2O3S. The number of aliphatic hydroxyl groups excluding tert-OH is 1. The minimum atomic E-state index is 0.0593. The van der Waals surface area contributed by atoms with Crippen LogP contribution in [0.4, 0.5) is 5.13 Å². The third-order valence-corrected chi connectivity index (χ3v) is 4.24. The van der Waals surface area contributed by atoms with Gasteiger partial charge in [-0.15, -0.1) is 0 Å². The van der Waals surface area contributed by atoms with Crippen LogP contribution in [-0.2, 0) is 22.5 Å². The van der Waals surface area contributed by atoms with Gasteiger partial charge < -0.3 is 19.5 Å². The molecule has 116 valence electrons. The van der Waals surface area contributed by atoms with Crippen LogP contribution in [0, 0.1) is 0 Å². The molecule has 0 aromatic carbocycles. The van der Waals surface area contributed by atoms with Crippen molar-refractivity contribution in [1.29, 1.82) is 0 Å². The first-order chi connectivity index (χ1) is 9.67. The third-order valence-electron chi connectivity index (χ3n) is 3.12. The van der Waals surface area contributed by atoms with Crippen LogP contribution in [0.25, 0.3) is 0 Å². The van der Waals surface area contributed by atoms with Crippen LogP contribution in [0.15, 0.2) is 0 Å². The van der Waals surface area contributed by atoms with Crippen molar-refractivity contribution in [3.63, 3.8) is 0 Å². The van der Waals surface area contributed by atoms with Crippen molar-refractivity contribution in [3.8, 4) is 0 Å². The number of aromatic nitrogens is 1. The summed E-state index contributed by atoms with van der Waals surface area (Å²) in [4.78, 5) is 7.86. The van der Waals surface area contributed by atoms with Gasteiger partial charge in [-0.1, -0.05) is 24.7 Å². The molecule has 0 aliphatic carbocycles. The number of nitrogens with zero attached hydrogens (tertiary/aromatic N) is 2. The quantitative estimate of drug-likeness (QED) is 0.717. The number of hydrogen-bond donors (Lipinski definition) is 1. The number of ether oxygens (including phenoxy) is 2. The van der Waals surface area contributed by atoms with Crippen molar-refractivity contribution >= 4 is 16.5 Å². The van der Waals surface area contributed by atoms with E-state index >= 15 is 0 Å². The number of aliphatic hydroxyl groups is 1. The van der Waals surface area contributed by atoms with E-state index in [1.807, 2.05) is 0 Å². The molecule has 0 radical (unpaired) electrons. The number of thiazole rings is 1. The molecule has 0 bridgehead atoms. The van der Waals surface area contributed by atoms with Crippen LogP contribution in [-0.4, -0.2) is 50.1 Å². The van der Waals surface area contributed by atoms with Gasteiger partial charge in [0.1, 0.15) is 0 Å². The highest BCUT2D eigenvalue weighted by Gasteiger charge is 2.20. The van der Waals surface area contributed by atoms with Crippen LogP contribution in [0.1, 0.15) is 30.8 Å². The van der Waals surface area contributed by atoms with Gasteiger partial charge in [-0.25, -0.2) is 4.98 Å². The fourth-order valence-electron chi connectivity index (χ4n) is 2.07. The zero-order valence-electron chi connectivity index (χ0n) is 12.9. The minimum Gasteiger partial charge on any atom is -0.391 e. The Labute approximate surface area is 125 Å². The molecule has 0 amide bonds. The second-order valence-electron chi connectivity index (χ2n) is 4.76. The monoisotopic (exact) mass is 302 g/mol. The van der Waals surface area contributed by atoms with Crippen molar-refractivity contribution in [2.24, 2.45) is 0 Å². The van der Waals surface area contributed by atoms with Gasteiger partial charge >= 0.3 is 0 Å². The van der Waals surface area contributed by atoms with E-state index in [2.05, 4.69) is 18.7 Å². The van der Waals surface area contributed by atoms with Gasteiger partial charge in [-0.3, -0.25) is 0 Å². The highest BCUT2D eigenvalue weighted by atomic mass is 32.1. The summed E-state index contributed by atoms with van der Waals surface area (Å²) in [7, 11) is 3.40. The maximum Gasteiger partial charge on any atom is 0.186 e. The van der Waals surface area contributed by atoms with Gasteiger partial charge in [0.25, 0.3) is 0 Å². The molecule has 1 N–H and O–H groups in total. The standard InChI is InChI=1S/C14H26N2O3S/c1-5-6-12-13(9-17)20-14(15-12)16(7-8-18-3)11(2)10-19-4/h11,17H,5-10H2,1-4H3. The summed E-state index contributed by atoms with van der Waals surface area (Å²) in [5.74, 6) is 0. The van der Waals surface area contributed by atoms with Crippen molar-refractivity contribution in [1.82, 2.24) is 4.98 Å². The lowest BCUT2D eigenvalue weighted by molar-refractivity contribution is 0.171. The van der Waals surface area contributed by atoms with Crippen molar-refractivity contribution in [3.05, 3.63) is 10.6 Å². The van der Waals surface area contributed by atoms with Gasteiger partial charge in [0, 0.05) is 20.8 Å². The lowest BCUT2D eigenvalue weighted by Gasteiger charge is -2.28. The first kappa shape index (κ1) is 17.4. The van der Waals surface area contributed by atoms with Crippen molar-refractivity contribution in [2.45, 2.75) is 39.3 Å². The number of hydrogen-bond acceptors (Lipinski definition) is 6. The van der Waals surface area contributed by atoms with E-state index in [4.69, 9.17) is 14.5 Å². The average Bonchev–Trinajstić information content (AvgIpc) is 2.83. The van der Waals surface area contributed by atoms with E-state index in [0.29, 0.717) is 13.2 Å². The molecule has 1 aromatic rings. The van der Waals surface area contributed by atoms with Gasteiger partial charge in [-0.2, -0.15) is 0 Å².